The maximum Gasteiger partial charge on any atom is 0.330 e. The number of methoxy groups -OCH3 is 1. The maximum atomic E-state index is 12.6. The molecule has 0 spiro atoms. The van der Waals surface area contributed by atoms with E-state index in [2.05, 4.69) is 81.5 Å². The van der Waals surface area contributed by atoms with Crippen LogP contribution < -0.4 is 10.4 Å². The van der Waals surface area contributed by atoms with Crippen LogP contribution in [0.3, 0.4) is 0 Å². The van der Waals surface area contributed by atoms with Gasteiger partial charge in [-0.15, -0.1) is 0 Å². The van der Waals surface area contributed by atoms with Crippen molar-refractivity contribution in [2.75, 3.05) is 7.11 Å². The number of ether oxygens (including phenoxy) is 2. The van der Waals surface area contributed by atoms with Crippen LogP contribution in [0.15, 0.2) is 97.1 Å². The van der Waals surface area contributed by atoms with E-state index in [0.29, 0.717) is 0 Å². The van der Waals surface area contributed by atoms with Gasteiger partial charge in [0.2, 0.25) is 0 Å². The quantitative estimate of drug-likeness (QED) is 0.296. The summed E-state index contributed by atoms with van der Waals surface area (Å²) in [5.41, 5.74) is 0. The van der Waals surface area contributed by atoms with Crippen molar-refractivity contribution < 1.29 is 18.7 Å². The Bertz CT molecular complexity index is 998. The first-order chi connectivity index (χ1) is 17.3. The summed E-state index contributed by atoms with van der Waals surface area (Å²) in [6, 6.07) is 21.0. The van der Waals surface area contributed by atoms with Crippen molar-refractivity contribution in [3.63, 3.8) is 0 Å². The lowest BCUT2D eigenvalue weighted by atomic mass is 10.1. The Balaban J connectivity index is 2.12. The molecule has 0 fully saturated rings. The van der Waals surface area contributed by atoms with E-state index in [-0.39, 0.29) is 23.2 Å². The number of allylic oxidation sites excluding steroid dienone is 1. The summed E-state index contributed by atoms with van der Waals surface area (Å²) in [7, 11) is -1.12. The third-order valence-corrected chi connectivity index (χ3v) is 11.6. The van der Waals surface area contributed by atoms with Crippen LogP contribution in [0.25, 0.3) is 0 Å². The molecule has 5 heteroatoms. The topological polar surface area (TPSA) is 44.8 Å². The van der Waals surface area contributed by atoms with Gasteiger partial charge in [0, 0.05) is 13.2 Å². The highest BCUT2D eigenvalue weighted by Gasteiger charge is 2.51. The van der Waals surface area contributed by atoms with Gasteiger partial charge in [-0.25, -0.2) is 4.79 Å². The van der Waals surface area contributed by atoms with E-state index in [1.165, 1.54) is 16.4 Å². The SMILES string of the molecule is CO[C@H]1/C=C\CCC[C@H](C)OC(=O)/C=C/[C@@H](O[Si](c2ccccc2)(c2ccccc2)C(C)(C)C)/C=C\1. The number of hydrogen-bond acceptors (Lipinski definition) is 4. The minimum absolute atomic E-state index is 0.136. The fourth-order valence-corrected chi connectivity index (χ4v) is 9.28. The van der Waals surface area contributed by atoms with Gasteiger partial charge in [0.25, 0.3) is 8.32 Å². The van der Waals surface area contributed by atoms with Gasteiger partial charge >= 0.3 is 5.97 Å². The van der Waals surface area contributed by atoms with E-state index in [0.717, 1.165) is 19.3 Å². The molecule has 0 bridgehead atoms. The van der Waals surface area contributed by atoms with Gasteiger partial charge in [-0.2, -0.15) is 0 Å². The van der Waals surface area contributed by atoms with Gasteiger partial charge in [0.15, 0.2) is 0 Å². The molecular formula is C31H40O4Si. The largest absolute Gasteiger partial charge is 0.460 e. The highest BCUT2D eigenvalue weighted by Crippen LogP contribution is 2.37. The highest BCUT2D eigenvalue weighted by molar-refractivity contribution is 6.99. The fourth-order valence-electron chi connectivity index (χ4n) is 4.70. The molecule has 0 saturated heterocycles. The number of benzene rings is 2. The van der Waals surface area contributed by atoms with Gasteiger partial charge in [-0.05, 0) is 47.7 Å². The number of carbonyl (C=O) groups is 1. The first-order valence-corrected chi connectivity index (χ1v) is 14.7. The van der Waals surface area contributed by atoms with Crippen molar-refractivity contribution >= 4 is 24.7 Å². The summed E-state index contributed by atoms with van der Waals surface area (Å²) in [6.45, 7) is 8.67. The van der Waals surface area contributed by atoms with Crippen LogP contribution in [-0.2, 0) is 18.7 Å². The predicted octanol–water partition coefficient (Wildman–Crippen LogP) is 5.73. The Labute approximate surface area is 217 Å². The van der Waals surface area contributed by atoms with Gasteiger partial charge in [0.1, 0.15) is 0 Å². The van der Waals surface area contributed by atoms with Crippen LogP contribution in [0.5, 0.6) is 0 Å². The zero-order valence-electron chi connectivity index (χ0n) is 22.2. The van der Waals surface area contributed by atoms with Crippen LogP contribution in [0, 0.1) is 0 Å². The van der Waals surface area contributed by atoms with E-state index in [4.69, 9.17) is 13.9 Å². The standard InChI is InChI=1S/C31H40O4Si/c1-25-15-9-6-10-16-26(33-5)21-22-27(23-24-30(32)34-25)35-36(31(2,3)4,28-17-11-7-12-18-28)29-19-13-8-14-20-29/h7-8,10-14,16-27H,6,9,15H2,1-5H3/b16-10-,22-21-,24-23+/t25-,26-,27-/m0/s1. The lowest BCUT2D eigenvalue weighted by molar-refractivity contribution is -0.142. The molecule has 0 unspecified atom stereocenters. The Morgan fingerprint density at radius 1 is 0.861 bits per heavy atom. The van der Waals surface area contributed by atoms with Crippen LogP contribution >= 0.6 is 0 Å². The Kier molecular flexibility index (Phi) is 10.1. The summed E-state index contributed by atoms with van der Waals surface area (Å²) in [5.74, 6) is -0.345. The Hall–Kier alpha value is -2.73. The van der Waals surface area contributed by atoms with Crippen LogP contribution in [0.1, 0.15) is 47.0 Å². The molecule has 4 nitrogen and oxygen atoms in total. The molecule has 3 atom stereocenters. The minimum atomic E-state index is -2.83. The Morgan fingerprint density at radius 3 is 2.00 bits per heavy atom. The number of carbonyl (C=O) groups excluding carboxylic acids is 1. The van der Waals surface area contributed by atoms with E-state index < -0.39 is 14.4 Å². The normalized spacial score (nSPS) is 24.8. The molecule has 0 radical (unpaired) electrons. The molecule has 1 aliphatic rings. The minimum Gasteiger partial charge on any atom is -0.460 e. The van der Waals surface area contributed by atoms with Crippen LogP contribution in [-0.4, -0.2) is 39.7 Å². The molecule has 0 aliphatic carbocycles. The number of rotatable bonds is 5. The second kappa shape index (κ2) is 13.0. The summed E-state index contributed by atoms with van der Waals surface area (Å²) >= 11 is 0. The molecular weight excluding hydrogens is 464 g/mol. The van der Waals surface area contributed by atoms with Crippen molar-refractivity contribution in [2.45, 2.75) is 70.3 Å². The zero-order chi connectivity index (χ0) is 26.0. The lowest BCUT2D eigenvalue weighted by Gasteiger charge is -2.44. The van der Waals surface area contributed by atoms with Gasteiger partial charge < -0.3 is 13.9 Å². The fraction of sp³-hybridized carbons (Fsp3) is 0.387. The highest BCUT2D eigenvalue weighted by atomic mass is 28.4. The third-order valence-electron chi connectivity index (χ3n) is 6.54. The molecule has 0 N–H and O–H groups in total. The van der Waals surface area contributed by atoms with Crippen LogP contribution in [0.2, 0.25) is 5.04 Å². The molecule has 2 aromatic carbocycles. The lowest BCUT2D eigenvalue weighted by Crippen LogP contribution is -2.67. The number of cyclic esters (lactones) is 1. The van der Waals surface area contributed by atoms with Gasteiger partial charge in [0.05, 0.1) is 18.3 Å². The van der Waals surface area contributed by atoms with Gasteiger partial charge in [-0.1, -0.05) is 106 Å². The van der Waals surface area contributed by atoms with Crippen molar-refractivity contribution in [1.29, 1.82) is 0 Å². The Morgan fingerprint density at radius 2 is 1.44 bits per heavy atom. The third kappa shape index (κ3) is 7.16. The number of esters is 1. The molecule has 3 rings (SSSR count). The van der Waals surface area contributed by atoms with Gasteiger partial charge in [-0.3, -0.25) is 0 Å². The van der Waals surface area contributed by atoms with E-state index in [1.807, 2.05) is 37.3 Å². The second-order valence-electron chi connectivity index (χ2n) is 10.3. The average molecular weight is 505 g/mol. The second-order valence-corrected chi connectivity index (χ2v) is 14.5. The van der Waals surface area contributed by atoms with Crippen LogP contribution in [0.4, 0.5) is 0 Å². The molecule has 0 aromatic heterocycles. The van der Waals surface area contributed by atoms with Crippen molar-refractivity contribution in [1.82, 2.24) is 0 Å². The molecule has 2 aromatic rings. The summed E-state index contributed by atoms with van der Waals surface area (Å²) in [5, 5.41) is 2.18. The monoisotopic (exact) mass is 504 g/mol. The first-order valence-electron chi connectivity index (χ1n) is 12.8. The summed E-state index contributed by atoms with van der Waals surface area (Å²) in [4.78, 5) is 12.6. The summed E-state index contributed by atoms with van der Waals surface area (Å²) < 4.78 is 18.5. The molecule has 36 heavy (non-hydrogen) atoms. The summed E-state index contributed by atoms with van der Waals surface area (Å²) in [6.07, 6.45) is 13.4. The van der Waals surface area contributed by atoms with E-state index in [9.17, 15) is 4.79 Å². The zero-order valence-corrected chi connectivity index (χ0v) is 23.2. The predicted molar refractivity (Wildman–Crippen MR) is 150 cm³/mol. The number of hydrogen-bond donors (Lipinski definition) is 0. The smallest absolute Gasteiger partial charge is 0.330 e. The average Bonchev–Trinajstić information content (AvgIpc) is 2.86. The molecule has 0 saturated carbocycles. The maximum absolute atomic E-state index is 12.6. The first kappa shape index (κ1) is 27.8. The molecule has 1 aliphatic heterocycles. The van der Waals surface area contributed by atoms with Crippen molar-refractivity contribution in [3.8, 4) is 0 Å². The van der Waals surface area contributed by atoms with E-state index in [1.54, 1.807) is 7.11 Å². The molecule has 192 valence electrons. The van der Waals surface area contributed by atoms with E-state index >= 15 is 0 Å². The molecule has 0 amide bonds. The molecule has 1 heterocycles. The van der Waals surface area contributed by atoms with Crippen molar-refractivity contribution in [2.24, 2.45) is 0 Å². The van der Waals surface area contributed by atoms with Crippen molar-refractivity contribution in [3.05, 3.63) is 97.1 Å².